The van der Waals surface area contributed by atoms with Crippen molar-refractivity contribution in [1.82, 2.24) is 0 Å². The molecule has 1 atom stereocenters. The SMILES string of the molecule is CC1=NC(C)CCC1. The number of hydrogen-bond donors (Lipinski definition) is 0. The van der Waals surface area contributed by atoms with Gasteiger partial charge in [-0.1, -0.05) is 0 Å². The molecule has 0 bridgehead atoms. The molecule has 46 valence electrons. The Bertz CT molecular complexity index is 105. The highest BCUT2D eigenvalue weighted by atomic mass is 14.8. The summed E-state index contributed by atoms with van der Waals surface area (Å²) in [5.41, 5.74) is 1.34. The standard InChI is InChI=1S/C7H13N/c1-6-4-3-5-7(2)8-6/h6H,3-5H2,1-2H3. The minimum atomic E-state index is 0.601. The van der Waals surface area contributed by atoms with Crippen molar-refractivity contribution in [2.75, 3.05) is 0 Å². The van der Waals surface area contributed by atoms with Gasteiger partial charge in [0, 0.05) is 11.8 Å². The zero-order valence-electron chi connectivity index (χ0n) is 5.65. The van der Waals surface area contributed by atoms with Gasteiger partial charge in [-0.05, 0) is 33.1 Å². The highest BCUT2D eigenvalue weighted by Gasteiger charge is 2.05. The number of rotatable bonds is 0. The first-order valence-electron chi connectivity index (χ1n) is 3.32. The molecule has 1 aliphatic heterocycles. The van der Waals surface area contributed by atoms with Crippen LogP contribution < -0.4 is 0 Å². The molecule has 0 saturated carbocycles. The Kier molecular flexibility index (Phi) is 1.66. The Labute approximate surface area is 50.8 Å². The van der Waals surface area contributed by atoms with Crippen molar-refractivity contribution < 1.29 is 0 Å². The molecule has 0 radical (unpaired) electrons. The summed E-state index contributed by atoms with van der Waals surface area (Å²) >= 11 is 0. The zero-order chi connectivity index (χ0) is 5.98. The quantitative estimate of drug-likeness (QED) is 0.453. The number of nitrogens with zero attached hydrogens (tertiary/aromatic N) is 1. The predicted molar refractivity (Wildman–Crippen MR) is 36.4 cm³/mol. The van der Waals surface area contributed by atoms with Crippen molar-refractivity contribution in [2.45, 2.75) is 39.2 Å². The summed E-state index contributed by atoms with van der Waals surface area (Å²) in [7, 11) is 0. The van der Waals surface area contributed by atoms with Crippen LogP contribution in [0.1, 0.15) is 33.1 Å². The van der Waals surface area contributed by atoms with Gasteiger partial charge in [-0.15, -0.1) is 0 Å². The van der Waals surface area contributed by atoms with E-state index in [1.165, 1.54) is 25.0 Å². The van der Waals surface area contributed by atoms with E-state index in [1.54, 1.807) is 0 Å². The van der Waals surface area contributed by atoms with Crippen LogP contribution in [0.4, 0.5) is 0 Å². The van der Waals surface area contributed by atoms with Crippen LogP contribution in [-0.4, -0.2) is 11.8 Å². The normalized spacial score (nSPS) is 29.8. The van der Waals surface area contributed by atoms with Gasteiger partial charge in [-0.25, -0.2) is 0 Å². The minimum absolute atomic E-state index is 0.601. The van der Waals surface area contributed by atoms with Crippen LogP contribution in [0.2, 0.25) is 0 Å². The van der Waals surface area contributed by atoms with Crippen LogP contribution in [-0.2, 0) is 0 Å². The average Bonchev–Trinajstić information content (AvgIpc) is 1.64. The van der Waals surface area contributed by atoms with E-state index in [0.717, 1.165) is 0 Å². The van der Waals surface area contributed by atoms with Gasteiger partial charge < -0.3 is 0 Å². The van der Waals surface area contributed by atoms with Crippen LogP contribution in [0.15, 0.2) is 4.99 Å². The molecule has 1 aliphatic rings. The van der Waals surface area contributed by atoms with Crippen LogP contribution in [0, 0.1) is 0 Å². The summed E-state index contributed by atoms with van der Waals surface area (Å²) in [6, 6.07) is 0.601. The molecule has 0 spiro atoms. The Morgan fingerprint density at radius 1 is 1.62 bits per heavy atom. The Balaban J connectivity index is 2.50. The first-order valence-corrected chi connectivity index (χ1v) is 3.32. The van der Waals surface area contributed by atoms with Crippen LogP contribution in [0.3, 0.4) is 0 Å². The van der Waals surface area contributed by atoms with Crippen molar-refractivity contribution in [3.63, 3.8) is 0 Å². The lowest BCUT2D eigenvalue weighted by molar-refractivity contribution is 0.608. The molecule has 0 N–H and O–H groups in total. The minimum Gasteiger partial charge on any atom is -0.291 e. The molecule has 0 aromatic carbocycles. The van der Waals surface area contributed by atoms with Gasteiger partial charge in [0.1, 0.15) is 0 Å². The van der Waals surface area contributed by atoms with E-state index in [9.17, 15) is 0 Å². The number of hydrogen-bond acceptors (Lipinski definition) is 1. The zero-order valence-corrected chi connectivity index (χ0v) is 5.65. The fourth-order valence-corrected chi connectivity index (χ4v) is 1.16. The van der Waals surface area contributed by atoms with Crippen molar-refractivity contribution in [2.24, 2.45) is 4.99 Å². The second-order valence-electron chi connectivity index (χ2n) is 2.61. The molecule has 1 heteroatoms. The smallest absolute Gasteiger partial charge is 0.0470 e. The maximum atomic E-state index is 4.40. The lowest BCUT2D eigenvalue weighted by atomic mass is 10.1. The highest BCUT2D eigenvalue weighted by molar-refractivity contribution is 5.82. The van der Waals surface area contributed by atoms with E-state index in [-0.39, 0.29) is 0 Å². The topological polar surface area (TPSA) is 12.4 Å². The molecular formula is C7H13N. The fourth-order valence-electron chi connectivity index (χ4n) is 1.16. The van der Waals surface area contributed by atoms with Gasteiger partial charge in [0.05, 0.1) is 0 Å². The third kappa shape index (κ3) is 1.32. The summed E-state index contributed by atoms with van der Waals surface area (Å²) < 4.78 is 0. The van der Waals surface area contributed by atoms with Gasteiger partial charge >= 0.3 is 0 Å². The van der Waals surface area contributed by atoms with Crippen LogP contribution in [0.25, 0.3) is 0 Å². The first kappa shape index (κ1) is 5.80. The van der Waals surface area contributed by atoms with E-state index in [2.05, 4.69) is 18.8 Å². The molecule has 1 unspecified atom stereocenters. The van der Waals surface area contributed by atoms with Gasteiger partial charge in [0.25, 0.3) is 0 Å². The van der Waals surface area contributed by atoms with E-state index in [0.29, 0.717) is 6.04 Å². The Morgan fingerprint density at radius 3 is 2.75 bits per heavy atom. The van der Waals surface area contributed by atoms with Crippen molar-refractivity contribution in [3.05, 3.63) is 0 Å². The lowest BCUT2D eigenvalue weighted by Crippen LogP contribution is -2.09. The maximum Gasteiger partial charge on any atom is 0.0470 e. The average molecular weight is 111 g/mol. The second kappa shape index (κ2) is 2.29. The van der Waals surface area contributed by atoms with Crippen LogP contribution >= 0.6 is 0 Å². The van der Waals surface area contributed by atoms with E-state index < -0.39 is 0 Å². The highest BCUT2D eigenvalue weighted by Crippen LogP contribution is 2.11. The van der Waals surface area contributed by atoms with Gasteiger partial charge in [-0.2, -0.15) is 0 Å². The van der Waals surface area contributed by atoms with Crippen molar-refractivity contribution in [1.29, 1.82) is 0 Å². The second-order valence-corrected chi connectivity index (χ2v) is 2.61. The number of aliphatic imine (C=N–C) groups is 1. The Hall–Kier alpha value is -0.330. The first-order chi connectivity index (χ1) is 3.79. The van der Waals surface area contributed by atoms with Gasteiger partial charge in [0.15, 0.2) is 0 Å². The molecule has 1 rings (SSSR count). The molecule has 0 aromatic heterocycles. The molecule has 0 fully saturated rings. The third-order valence-corrected chi connectivity index (χ3v) is 1.60. The summed E-state index contributed by atoms with van der Waals surface area (Å²) in [6.45, 7) is 4.30. The van der Waals surface area contributed by atoms with Gasteiger partial charge in [-0.3, -0.25) is 4.99 Å². The van der Waals surface area contributed by atoms with E-state index in [4.69, 9.17) is 0 Å². The Morgan fingerprint density at radius 2 is 2.38 bits per heavy atom. The predicted octanol–water partition coefficient (Wildman–Crippen LogP) is 2.02. The van der Waals surface area contributed by atoms with E-state index in [1.807, 2.05) is 0 Å². The molecule has 0 saturated heterocycles. The molecule has 0 aliphatic carbocycles. The van der Waals surface area contributed by atoms with Gasteiger partial charge in [0.2, 0.25) is 0 Å². The molecule has 0 amide bonds. The fraction of sp³-hybridized carbons (Fsp3) is 0.857. The molecule has 1 nitrogen and oxygen atoms in total. The molecular weight excluding hydrogens is 98.1 g/mol. The molecule has 8 heavy (non-hydrogen) atoms. The van der Waals surface area contributed by atoms with Crippen molar-refractivity contribution in [3.8, 4) is 0 Å². The molecule has 0 aromatic rings. The third-order valence-electron chi connectivity index (χ3n) is 1.60. The molecule has 1 heterocycles. The monoisotopic (exact) mass is 111 g/mol. The lowest BCUT2D eigenvalue weighted by Gasteiger charge is -2.13. The van der Waals surface area contributed by atoms with Crippen LogP contribution in [0.5, 0.6) is 0 Å². The summed E-state index contributed by atoms with van der Waals surface area (Å²) in [5, 5.41) is 0. The van der Waals surface area contributed by atoms with Crippen molar-refractivity contribution >= 4 is 5.71 Å². The summed E-state index contributed by atoms with van der Waals surface area (Å²) in [6.07, 6.45) is 3.86. The largest absolute Gasteiger partial charge is 0.291 e. The van der Waals surface area contributed by atoms with E-state index >= 15 is 0 Å². The summed E-state index contributed by atoms with van der Waals surface area (Å²) in [5.74, 6) is 0. The maximum absolute atomic E-state index is 4.40. The summed E-state index contributed by atoms with van der Waals surface area (Å²) in [4.78, 5) is 4.40.